The summed E-state index contributed by atoms with van der Waals surface area (Å²) in [6.45, 7) is 2.05. The highest BCUT2D eigenvalue weighted by molar-refractivity contribution is 5.95. The number of piperidine rings is 1. The first kappa shape index (κ1) is 18.6. The number of hydrogen-bond donors (Lipinski definition) is 2. The van der Waals surface area contributed by atoms with Gasteiger partial charge in [-0.2, -0.15) is 5.10 Å². The van der Waals surface area contributed by atoms with Gasteiger partial charge in [-0.1, -0.05) is 0 Å². The summed E-state index contributed by atoms with van der Waals surface area (Å²) in [6, 6.07) is 3.66. The van der Waals surface area contributed by atoms with Gasteiger partial charge in [0.05, 0.1) is 11.9 Å². The monoisotopic (exact) mass is 370 g/mol. The third-order valence-corrected chi connectivity index (χ3v) is 4.77. The molecule has 2 aromatic heterocycles. The minimum absolute atomic E-state index is 0. The lowest BCUT2D eigenvalue weighted by Crippen LogP contribution is -2.31. The second-order valence-electron chi connectivity index (χ2n) is 6.10. The molecule has 0 bridgehead atoms. The highest BCUT2D eigenvalue weighted by atomic mass is 35.5. The maximum absolute atomic E-state index is 12.4. The van der Waals surface area contributed by atoms with Crippen LogP contribution in [-0.2, 0) is 4.79 Å². The van der Waals surface area contributed by atoms with Gasteiger partial charge in [-0.25, -0.2) is 14.6 Å². The maximum atomic E-state index is 12.4. The molecule has 1 spiro atoms. The summed E-state index contributed by atoms with van der Waals surface area (Å²) in [5.41, 5.74) is 0.980. The van der Waals surface area contributed by atoms with Crippen molar-refractivity contribution in [3.63, 3.8) is 0 Å². The molecule has 0 aromatic carbocycles. The van der Waals surface area contributed by atoms with E-state index in [-0.39, 0.29) is 42.1 Å². The SMILES string of the molecule is Cl.Cl.O=C(Nc1ccc(-n2cncn2)nc1)C1CC12CCNCC2. The first-order chi connectivity index (χ1) is 10.8. The number of halogens is 2. The molecule has 9 heteroatoms. The molecular formula is C15H20Cl2N6O. The lowest BCUT2D eigenvalue weighted by atomic mass is 9.92. The molecule has 4 rings (SSSR count). The summed E-state index contributed by atoms with van der Waals surface area (Å²) in [4.78, 5) is 20.6. The van der Waals surface area contributed by atoms with Crippen LogP contribution in [0, 0.1) is 11.3 Å². The Hall–Kier alpha value is -1.70. The predicted molar refractivity (Wildman–Crippen MR) is 94.9 cm³/mol. The molecule has 1 aliphatic heterocycles. The zero-order valence-electron chi connectivity index (χ0n) is 13.0. The first-order valence-corrected chi connectivity index (χ1v) is 7.60. The molecule has 2 N–H and O–H groups in total. The van der Waals surface area contributed by atoms with Gasteiger partial charge in [0.15, 0.2) is 5.82 Å². The van der Waals surface area contributed by atoms with E-state index in [2.05, 4.69) is 25.7 Å². The molecule has 1 aliphatic carbocycles. The van der Waals surface area contributed by atoms with Crippen LogP contribution in [0.15, 0.2) is 31.0 Å². The lowest BCUT2D eigenvalue weighted by Gasteiger charge is -2.23. The minimum atomic E-state index is 0. The smallest absolute Gasteiger partial charge is 0.228 e. The standard InChI is InChI=1S/C15H18N6O.2ClH/c22-14(12-7-15(12)3-5-16-6-4-15)20-11-1-2-13(18-8-11)21-10-17-9-19-21;;/h1-2,8-10,12,16H,3-7H2,(H,20,22);2*1H. The first-order valence-electron chi connectivity index (χ1n) is 7.60. The van der Waals surface area contributed by atoms with Crippen LogP contribution >= 0.6 is 24.8 Å². The second kappa shape index (κ2) is 7.46. The van der Waals surface area contributed by atoms with Gasteiger partial charge < -0.3 is 10.6 Å². The Bertz CT molecular complexity index is 670. The van der Waals surface area contributed by atoms with Crippen LogP contribution < -0.4 is 10.6 Å². The van der Waals surface area contributed by atoms with E-state index < -0.39 is 0 Å². The number of nitrogens with zero attached hydrogens (tertiary/aromatic N) is 4. The summed E-state index contributed by atoms with van der Waals surface area (Å²) in [6.07, 6.45) is 7.94. The Morgan fingerprint density at radius 2 is 2.08 bits per heavy atom. The van der Waals surface area contributed by atoms with E-state index in [1.165, 1.54) is 6.33 Å². The number of aromatic nitrogens is 4. The minimum Gasteiger partial charge on any atom is -0.324 e. The molecule has 7 nitrogen and oxygen atoms in total. The summed E-state index contributed by atoms with van der Waals surface area (Å²) >= 11 is 0. The molecule has 130 valence electrons. The second-order valence-corrected chi connectivity index (χ2v) is 6.10. The van der Waals surface area contributed by atoms with Crippen LogP contribution in [-0.4, -0.2) is 38.7 Å². The lowest BCUT2D eigenvalue weighted by molar-refractivity contribution is -0.118. The van der Waals surface area contributed by atoms with Crippen LogP contribution in [0.25, 0.3) is 5.82 Å². The van der Waals surface area contributed by atoms with Crippen LogP contribution in [0.1, 0.15) is 19.3 Å². The number of anilines is 1. The number of nitrogens with one attached hydrogen (secondary N) is 2. The predicted octanol–water partition coefficient (Wildman–Crippen LogP) is 1.83. The Morgan fingerprint density at radius 1 is 1.29 bits per heavy atom. The summed E-state index contributed by atoms with van der Waals surface area (Å²) < 4.78 is 1.58. The maximum Gasteiger partial charge on any atom is 0.228 e. The summed E-state index contributed by atoms with van der Waals surface area (Å²) in [5, 5.41) is 10.4. The molecule has 2 fully saturated rings. The Kier molecular flexibility index (Phi) is 5.79. The number of amides is 1. The highest BCUT2D eigenvalue weighted by Gasteiger charge is 2.57. The molecule has 1 amide bonds. The normalized spacial score (nSPS) is 20.6. The van der Waals surface area contributed by atoms with Crippen molar-refractivity contribution in [3.05, 3.63) is 31.0 Å². The van der Waals surface area contributed by atoms with Crippen molar-refractivity contribution >= 4 is 36.4 Å². The number of hydrogen-bond acceptors (Lipinski definition) is 5. The van der Waals surface area contributed by atoms with Crippen molar-refractivity contribution in [2.75, 3.05) is 18.4 Å². The quantitative estimate of drug-likeness (QED) is 0.860. The molecule has 1 saturated carbocycles. The summed E-state index contributed by atoms with van der Waals surface area (Å²) in [5.74, 6) is 0.957. The van der Waals surface area contributed by atoms with Gasteiger partial charge in [0, 0.05) is 5.92 Å². The van der Waals surface area contributed by atoms with Crippen LogP contribution in [0.4, 0.5) is 5.69 Å². The number of rotatable bonds is 3. The fraction of sp³-hybridized carbons (Fsp3) is 0.467. The van der Waals surface area contributed by atoms with E-state index >= 15 is 0 Å². The average molecular weight is 371 g/mol. The van der Waals surface area contributed by atoms with Crippen LogP contribution in [0.5, 0.6) is 0 Å². The molecule has 1 atom stereocenters. The van der Waals surface area contributed by atoms with Gasteiger partial charge in [0.25, 0.3) is 0 Å². The van der Waals surface area contributed by atoms with Gasteiger partial charge in [0.1, 0.15) is 12.7 Å². The molecule has 1 saturated heterocycles. The largest absolute Gasteiger partial charge is 0.324 e. The Balaban J connectivity index is 0.00000104. The number of carbonyl (C=O) groups excluding carboxylic acids is 1. The van der Waals surface area contributed by atoms with Crippen molar-refractivity contribution in [1.82, 2.24) is 25.1 Å². The number of carbonyl (C=O) groups is 1. The fourth-order valence-electron chi connectivity index (χ4n) is 3.35. The van der Waals surface area contributed by atoms with Crippen molar-refractivity contribution in [1.29, 1.82) is 0 Å². The zero-order chi connectivity index (χ0) is 15.0. The summed E-state index contributed by atoms with van der Waals surface area (Å²) in [7, 11) is 0. The van der Waals surface area contributed by atoms with Gasteiger partial charge in [-0.3, -0.25) is 4.79 Å². The molecular weight excluding hydrogens is 351 g/mol. The van der Waals surface area contributed by atoms with Crippen molar-refractivity contribution in [2.24, 2.45) is 11.3 Å². The van der Waals surface area contributed by atoms with E-state index in [1.807, 2.05) is 12.1 Å². The van der Waals surface area contributed by atoms with Crippen molar-refractivity contribution in [3.8, 4) is 5.82 Å². The van der Waals surface area contributed by atoms with Gasteiger partial charge in [0.2, 0.25) is 5.91 Å². The van der Waals surface area contributed by atoms with Crippen molar-refractivity contribution < 1.29 is 4.79 Å². The Labute approximate surface area is 152 Å². The van der Waals surface area contributed by atoms with E-state index in [0.29, 0.717) is 5.82 Å². The molecule has 3 heterocycles. The van der Waals surface area contributed by atoms with E-state index in [4.69, 9.17) is 0 Å². The molecule has 2 aromatic rings. The van der Waals surface area contributed by atoms with Gasteiger partial charge in [-0.05, 0) is 49.9 Å². The van der Waals surface area contributed by atoms with E-state index in [0.717, 1.165) is 38.0 Å². The Morgan fingerprint density at radius 3 is 2.71 bits per heavy atom. The van der Waals surface area contributed by atoms with Crippen molar-refractivity contribution in [2.45, 2.75) is 19.3 Å². The van der Waals surface area contributed by atoms with E-state index in [1.54, 1.807) is 17.2 Å². The van der Waals surface area contributed by atoms with Gasteiger partial charge >= 0.3 is 0 Å². The van der Waals surface area contributed by atoms with E-state index in [9.17, 15) is 4.79 Å². The molecule has 24 heavy (non-hydrogen) atoms. The molecule has 0 radical (unpaired) electrons. The average Bonchev–Trinajstić information content (AvgIpc) is 3.00. The molecule has 2 aliphatic rings. The molecule has 1 unspecified atom stereocenters. The third-order valence-electron chi connectivity index (χ3n) is 4.77. The van der Waals surface area contributed by atoms with Crippen LogP contribution in [0.3, 0.4) is 0 Å². The highest BCUT2D eigenvalue weighted by Crippen LogP contribution is 2.58. The third kappa shape index (κ3) is 3.53. The number of pyridine rings is 1. The topological polar surface area (TPSA) is 84.7 Å². The zero-order valence-corrected chi connectivity index (χ0v) is 14.6. The fourth-order valence-corrected chi connectivity index (χ4v) is 3.35. The van der Waals surface area contributed by atoms with Crippen LogP contribution in [0.2, 0.25) is 0 Å². The van der Waals surface area contributed by atoms with Gasteiger partial charge in [-0.15, -0.1) is 24.8 Å².